The van der Waals surface area contributed by atoms with Crippen molar-refractivity contribution in [3.05, 3.63) is 92.9 Å². The zero-order valence-corrected chi connectivity index (χ0v) is 25.8. The van der Waals surface area contributed by atoms with Crippen LogP contribution in [0.15, 0.2) is 71.6 Å². The number of anilines is 1. The third-order valence-corrected chi connectivity index (χ3v) is 8.96. The molecule has 0 radical (unpaired) electrons. The van der Waals surface area contributed by atoms with Gasteiger partial charge in [0.25, 0.3) is 10.0 Å². The second-order valence-electron chi connectivity index (χ2n) is 9.84. The lowest BCUT2D eigenvalue weighted by Gasteiger charge is -2.32. The van der Waals surface area contributed by atoms with E-state index in [1.807, 2.05) is 20.8 Å². The zero-order valence-electron chi connectivity index (χ0n) is 22.7. The highest BCUT2D eigenvalue weighted by Gasteiger charge is 2.33. The van der Waals surface area contributed by atoms with Gasteiger partial charge in [-0.25, -0.2) is 8.42 Å². The summed E-state index contributed by atoms with van der Waals surface area (Å²) in [6.07, 6.45) is 0. The van der Waals surface area contributed by atoms with Crippen molar-refractivity contribution in [1.29, 1.82) is 0 Å². The smallest absolute Gasteiger partial charge is 0.264 e. The molecule has 0 unspecified atom stereocenters. The van der Waals surface area contributed by atoms with Crippen LogP contribution in [0, 0.1) is 12.8 Å². The van der Waals surface area contributed by atoms with Crippen LogP contribution in [-0.2, 0) is 26.2 Å². The van der Waals surface area contributed by atoms with Crippen LogP contribution in [0.1, 0.15) is 31.9 Å². The van der Waals surface area contributed by atoms with Crippen molar-refractivity contribution < 1.29 is 18.0 Å². The molecule has 3 rings (SSSR count). The standard InChI is InChI=1S/C29H32Cl3N3O4S/c1-19(2)16-33-29(37)21(4)34(17-25-26(31)9-6-10-27(25)32)28(36)18-35(23-8-5-7-22(30)15-23)40(38,39)24-13-11-20(3)12-14-24/h5-15,19,21H,16-18H2,1-4H3,(H,33,37)/t21-/m1/s1. The van der Waals surface area contributed by atoms with E-state index in [4.69, 9.17) is 34.8 Å². The monoisotopic (exact) mass is 623 g/mol. The summed E-state index contributed by atoms with van der Waals surface area (Å²) in [4.78, 5) is 28.4. The molecule has 0 saturated carbocycles. The second-order valence-corrected chi connectivity index (χ2v) is 13.0. The fraction of sp³-hybridized carbons (Fsp3) is 0.310. The van der Waals surface area contributed by atoms with E-state index in [1.54, 1.807) is 55.5 Å². The van der Waals surface area contributed by atoms with Crippen molar-refractivity contribution in [1.82, 2.24) is 10.2 Å². The van der Waals surface area contributed by atoms with E-state index in [2.05, 4.69) is 5.32 Å². The van der Waals surface area contributed by atoms with Gasteiger partial charge in [-0.2, -0.15) is 0 Å². The number of carbonyl (C=O) groups excluding carboxylic acids is 2. The first-order chi connectivity index (χ1) is 18.8. The Hall–Kier alpha value is -2.78. The molecule has 0 fully saturated rings. The van der Waals surface area contributed by atoms with Crippen LogP contribution in [0.2, 0.25) is 15.1 Å². The Balaban J connectivity index is 2.05. The van der Waals surface area contributed by atoms with Crippen molar-refractivity contribution in [2.75, 3.05) is 17.4 Å². The molecule has 40 heavy (non-hydrogen) atoms. The van der Waals surface area contributed by atoms with Crippen molar-refractivity contribution in [3.8, 4) is 0 Å². The topological polar surface area (TPSA) is 86.8 Å². The van der Waals surface area contributed by atoms with Gasteiger partial charge in [0.15, 0.2) is 0 Å². The molecule has 3 aromatic carbocycles. The van der Waals surface area contributed by atoms with Crippen LogP contribution in [-0.4, -0.2) is 44.3 Å². The molecule has 2 amide bonds. The largest absolute Gasteiger partial charge is 0.354 e. The van der Waals surface area contributed by atoms with Gasteiger partial charge in [-0.3, -0.25) is 13.9 Å². The van der Waals surface area contributed by atoms with E-state index in [0.717, 1.165) is 9.87 Å². The molecule has 0 saturated heterocycles. The third kappa shape index (κ3) is 7.91. The second kappa shape index (κ2) is 13.7. The highest BCUT2D eigenvalue weighted by atomic mass is 35.5. The maximum atomic E-state index is 14.0. The van der Waals surface area contributed by atoms with Gasteiger partial charge in [-0.15, -0.1) is 0 Å². The quantitative estimate of drug-likeness (QED) is 0.270. The summed E-state index contributed by atoms with van der Waals surface area (Å²) < 4.78 is 28.7. The molecule has 11 heteroatoms. The Bertz CT molecular complexity index is 1440. The van der Waals surface area contributed by atoms with Gasteiger partial charge in [0.1, 0.15) is 12.6 Å². The number of aryl methyl sites for hydroxylation is 1. The lowest BCUT2D eigenvalue weighted by atomic mass is 10.1. The lowest BCUT2D eigenvalue weighted by Crippen LogP contribution is -2.51. The van der Waals surface area contributed by atoms with Gasteiger partial charge in [0, 0.05) is 33.7 Å². The number of halogens is 3. The molecule has 214 valence electrons. The SMILES string of the molecule is Cc1ccc(S(=O)(=O)N(CC(=O)N(Cc2c(Cl)cccc2Cl)[C@H](C)C(=O)NCC(C)C)c2cccc(Cl)c2)cc1. The molecule has 0 aromatic heterocycles. The average molecular weight is 625 g/mol. The van der Waals surface area contributed by atoms with Gasteiger partial charge >= 0.3 is 0 Å². The molecule has 0 aliphatic heterocycles. The Kier molecular flexibility index (Phi) is 10.9. The first-order valence-electron chi connectivity index (χ1n) is 12.7. The summed E-state index contributed by atoms with van der Waals surface area (Å²) in [5.74, 6) is -0.823. The van der Waals surface area contributed by atoms with E-state index in [-0.39, 0.29) is 29.0 Å². The van der Waals surface area contributed by atoms with E-state index < -0.39 is 28.5 Å². The number of hydrogen-bond acceptors (Lipinski definition) is 4. The number of hydrogen-bond donors (Lipinski definition) is 1. The predicted molar refractivity (Wildman–Crippen MR) is 161 cm³/mol. The van der Waals surface area contributed by atoms with Crippen LogP contribution in [0.25, 0.3) is 0 Å². The Labute approximate surface area is 251 Å². The maximum absolute atomic E-state index is 14.0. The minimum Gasteiger partial charge on any atom is -0.354 e. The average Bonchev–Trinajstić information content (AvgIpc) is 2.89. The molecule has 0 aliphatic rings. The van der Waals surface area contributed by atoms with E-state index >= 15 is 0 Å². The van der Waals surface area contributed by atoms with Crippen molar-refractivity contribution in [3.63, 3.8) is 0 Å². The molecular weight excluding hydrogens is 593 g/mol. The zero-order chi connectivity index (χ0) is 29.6. The minimum atomic E-state index is -4.20. The molecule has 1 atom stereocenters. The molecule has 0 bridgehead atoms. The fourth-order valence-electron chi connectivity index (χ4n) is 3.89. The summed E-state index contributed by atoms with van der Waals surface area (Å²) in [5, 5.41) is 3.78. The summed E-state index contributed by atoms with van der Waals surface area (Å²) in [7, 11) is -4.20. The molecule has 7 nitrogen and oxygen atoms in total. The molecular formula is C29H32Cl3N3O4S. The van der Waals surface area contributed by atoms with Gasteiger partial charge in [0.05, 0.1) is 10.6 Å². The molecule has 3 aromatic rings. The van der Waals surface area contributed by atoms with Crippen molar-refractivity contribution in [2.45, 2.75) is 45.2 Å². The first-order valence-corrected chi connectivity index (χ1v) is 15.2. The highest BCUT2D eigenvalue weighted by Crippen LogP contribution is 2.29. The first kappa shape index (κ1) is 31.7. The molecule has 1 N–H and O–H groups in total. The van der Waals surface area contributed by atoms with E-state index in [1.165, 1.54) is 23.1 Å². The fourth-order valence-corrected chi connectivity index (χ4v) is 5.99. The van der Waals surface area contributed by atoms with Crippen LogP contribution in [0.4, 0.5) is 5.69 Å². The minimum absolute atomic E-state index is 0.00861. The van der Waals surface area contributed by atoms with Gasteiger partial charge < -0.3 is 10.2 Å². The van der Waals surface area contributed by atoms with Gasteiger partial charge in [-0.05, 0) is 62.2 Å². The number of rotatable bonds is 11. The molecule has 0 heterocycles. The summed E-state index contributed by atoms with van der Waals surface area (Å²) in [5.41, 5.74) is 1.53. The Morgan fingerprint density at radius 3 is 2.08 bits per heavy atom. The maximum Gasteiger partial charge on any atom is 0.264 e. The summed E-state index contributed by atoms with van der Waals surface area (Å²) in [6.45, 7) is 7.04. The van der Waals surface area contributed by atoms with Crippen LogP contribution in [0.5, 0.6) is 0 Å². The number of nitrogens with one attached hydrogen (secondary N) is 1. The summed E-state index contributed by atoms with van der Waals surface area (Å²) >= 11 is 19.0. The normalized spacial score (nSPS) is 12.2. The molecule has 0 aliphatic carbocycles. The van der Waals surface area contributed by atoms with Crippen LogP contribution in [0.3, 0.4) is 0 Å². The number of nitrogens with zero attached hydrogens (tertiary/aromatic N) is 2. The third-order valence-electron chi connectivity index (χ3n) is 6.23. The highest BCUT2D eigenvalue weighted by molar-refractivity contribution is 7.92. The number of sulfonamides is 1. The summed E-state index contributed by atoms with van der Waals surface area (Å²) in [6, 6.07) is 16.5. The number of benzene rings is 3. The van der Waals surface area contributed by atoms with Gasteiger partial charge in [0.2, 0.25) is 11.8 Å². The van der Waals surface area contributed by atoms with Crippen LogP contribution < -0.4 is 9.62 Å². The van der Waals surface area contributed by atoms with Gasteiger partial charge in [-0.1, -0.05) is 78.5 Å². The van der Waals surface area contributed by atoms with Crippen LogP contribution >= 0.6 is 34.8 Å². The molecule has 0 spiro atoms. The van der Waals surface area contributed by atoms with Crippen molar-refractivity contribution in [2.24, 2.45) is 5.92 Å². The van der Waals surface area contributed by atoms with E-state index in [9.17, 15) is 18.0 Å². The van der Waals surface area contributed by atoms with Crippen molar-refractivity contribution >= 4 is 62.3 Å². The Morgan fingerprint density at radius 2 is 1.50 bits per heavy atom. The predicted octanol–water partition coefficient (Wildman–Crippen LogP) is 6.34. The number of amides is 2. The van der Waals surface area contributed by atoms with E-state index in [0.29, 0.717) is 27.2 Å². The lowest BCUT2D eigenvalue weighted by molar-refractivity contribution is -0.139. The number of carbonyl (C=O) groups is 2. The Morgan fingerprint density at radius 1 is 0.900 bits per heavy atom.